The molecule has 1 saturated carbocycles. The fourth-order valence-electron chi connectivity index (χ4n) is 2.79. The minimum absolute atomic E-state index is 0.891. The van der Waals surface area contributed by atoms with Gasteiger partial charge >= 0.3 is 0 Å². The van der Waals surface area contributed by atoms with Crippen molar-refractivity contribution in [2.24, 2.45) is 0 Å². The molecule has 0 aliphatic heterocycles. The van der Waals surface area contributed by atoms with E-state index in [9.17, 15) is 0 Å². The van der Waals surface area contributed by atoms with E-state index in [0.717, 1.165) is 6.04 Å². The quantitative estimate of drug-likeness (QED) is 0.621. The van der Waals surface area contributed by atoms with E-state index >= 15 is 0 Å². The van der Waals surface area contributed by atoms with Gasteiger partial charge in [-0.05, 0) is 58.8 Å². The van der Waals surface area contributed by atoms with Crippen molar-refractivity contribution >= 4 is 0 Å². The van der Waals surface area contributed by atoms with E-state index in [1.165, 1.54) is 77.4 Å². The van der Waals surface area contributed by atoms with Gasteiger partial charge in [0.2, 0.25) is 0 Å². The van der Waals surface area contributed by atoms with Crippen molar-refractivity contribution < 1.29 is 0 Å². The Morgan fingerprint density at radius 3 is 2.47 bits per heavy atom. The molecule has 1 fully saturated rings. The Hall–Kier alpha value is -0.0800. The summed E-state index contributed by atoms with van der Waals surface area (Å²) in [5.41, 5.74) is 0. The molecule has 0 heterocycles. The summed E-state index contributed by atoms with van der Waals surface area (Å²) in [7, 11) is 2.32. The first-order chi connectivity index (χ1) is 8.34. The normalized spacial score (nSPS) is 17.8. The second-order valence-corrected chi connectivity index (χ2v) is 5.58. The molecule has 1 aliphatic carbocycles. The predicted molar refractivity (Wildman–Crippen MR) is 76.5 cm³/mol. The molecule has 102 valence electrons. The van der Waals surface area contributed by atoms with Gasteiger partial charge in [-0.2, -0.15) is 0 Å². The van der Waals surface area contributed by atoms with Crippen LogP contribution in [0.15, 0.2) is 0 Å². The van der Waals surface area contributed by atoms with Crippen LogP contribution in [0.4, 0.5) is 0 Å². The molecule has 1 aliphatic rings. The van der Waals surface area contributed by atoms with Crippen LogP contribution in [0.3, 0.4) is 0 Å². The lowest BCUT2D eigenvalue weighted by Crippen LogP contribution is -2.34. The Morgan fingerprint density at radius 1 is 1.00 bits per heavy atom. The van der Waals surface area contributed by atoms with Gasteiger partial charge in [0.1, 0.15) is 0 Å². The molecule has 2 heteroatoms. The van der Waals surface area contributed by atoms with E-state index in [-0.39, 0.29) is 0 Å². The number of hydrogen-bond donors (Lipinski definition) is 1. The Labute approximate surface area is 108 Å². The number of nitrogens with zero attached hydrogens (tertiary/aromatic N) is 1. The maximum atomic E-state index is 3.47. The van der Waals surface area contributed by atoms with Crippen LogP contribution < -0.4 is 5.32 Å². The lowest BCUT2D eigenvalue weighted by atomic mass is 9.94. The number of nitrogens with one attached hydrogen (secondary N) is 1. The van der Waals surface area contributed by atoms with Crippen LogP contribution in [0.2, 0.25) is 0 Å². The van der Waals surface area contributed by atoms with Gasteiger partial charge in [-0.3, -0.25) is 0 Å². The highest BCUT2D eigenvalue weighted by Gasteiger charge is 2.16. The van der Waals surface area contributed by atoms with Gasteiger partial charge in [0.05, 0.1) is 0 Å². The average Bonchev–Trinajstić information content (AvgIpc) is 2.38. The summed E-state index contributed by atoms with van der Waals surface area (Å²) < 4.78 is 0. The minimum atomic E-state index is 0.891. The zero-order valence-electron chi connectivity index (χ0n) is 12.0. The Balaban J connectivity index is 1.90. The first kappa shape index (κ1) is 15.0. The van der Waals surface area contributed by atoms with Crippen LogP contribution >= 0.6 is 0 Å². The average molecular weight is 240 g/mol. The minimum Gasteiger partial charge on any atom is -0.317 e. The van der Waals surface area contributed by atoms with Crippen LogP contribution in [0.1, 0.15) is 64.7 Å². The first-order valence-corrected chi connectivity index (χ1v) is 7.75. The standard InChI is InChI=1S/C15H32N2/c1-3-12-16-13-8-5-9-14-17(2)15-10-6-4-7-11-15/h15-16H,3-14H2,1-2H3. The van der Waals surface area contributed by atoms with Crippen LogP contribution in [0.5, 0.6) is 0 Å². The van der Waals surface area contributed by atoms with Crippen molar-refractivity contribution in [1.82, 2.24) is 10.2 Å². The van der Waals surface area contributed by atoms with Crippen LogP contribution in [-0.4, -0.2) is 37.6 Å². The molecule has 0 unspecified atom stereocenters. The van der Waals surface area contributed by atoms with Gasteiger partial charge in [0.15, 0.2) is 0 Å². The molecule has 0 saturated heterocycles. The highest BCUT2D eigenvalue weighted by molar-refractivity contribution is 4.73. The van der Waals surface area contributed by atoms with E-state index in [4.69, 9.17) is 0 Å². The topological polar surface area (TPSA) is 15.3 Å². The highest BCUT2D eigenvalue weighted by Crippen LogP contribution is 2.21. The summed E-state index contributed by atoms with van der Waals surface area (Å²) in [5, 5.41) is 3.47. The van der Waals surface area contributed by atoms with Crippen molar-refractivity contribution in [3.8, 4) is 0 Å². The van der Waals surface area contributed by atoms with Gasteiger partial charge in [-0.25, -0.2) is 0 Å². The van der Waals surface area contributed by atoms with Crippen molar-refractivity contribution in [1.29, 1.82) is 0 Å². The molecule has 0 aromatic carbocycles. The van der Waals surface area contributed by atoms with Crippen molar-refractivity contribution in [2.45, 2.75) is 70.8 Å². The molecule has 0 bridgehead atoms. The zero-order valence-corrected chi connectivity index (χ0v) is 12.0. The van der Waals surface area contributed by atoms with Crippen LogP contribution in [-0.2, 0) is 0 Å². The molecule has 0 aromatic rings. The molecule has 1 rings (SSSR count). The molecule has 17 heavy (non-hydrogen) atoms. The van der Waals surface area contributed by atoms with E-state index in [1.807, 2.05) is 0 Å². The lowest BCUT2D eigenvalue weighted by molar-refractivity contribution is 0.188. The summed E-state index contributed by atoms with van der Waals surface area (Å²) in [6, 6.07) is 0.891. The number of hydrogen-bond acceptors (Lipinski definition) is 2. The second kappa shape index (κ2) is 9.90. The largest absolute Gasteiger partial charge is 0.317 e. The van der Waals surface area contributed by atoms with Crippen molar-refractivity contribution in [2.75, 3.05) is 26.7 Å². The molecule has 0 aromatic heterocycles. The van der Waals surface area contributed by atoms with Gasteiger partial charge in [0.25, 0.3) is 0 Å². The highest BCUT2D eigenvalue weighted by atomic mass is 15.1. The van der Waals surface area contributed by atoms with E-state index < -0.39 is 0 Å². The third-order valence-electron chi connectivity index (χ3n) is 3.99. The summed E-state index contributed by atoms with van der Waals surface area (Å²) in [6.07, 6.45) is 12.6. The fraction of sp³-hybridized carbons (Fsp3) is 1.00. The Bertz CT molecular complexity index is 164. The summed E-state index contributed by atoms with van der Waals surface area (Å²) in [5.74, 6) is 0. The van der Waals surface area contributed by atoms with Crippen LogP contribution in [0, 0.1) is 0 Å². The Kier molecular flexibility index (Phi) is 8.72. The molecular weight excluding hydrogens is 208 g/mol. The summed E-state index contributed by atoms with van der Waals surface area (Å²) in [6.45, 7) is 5.92. The monoisotopic (exact) mass is 240 g/mol. The van der Waals surface area contributed by atoms with Gasteiger partial charge in [-0.1, -0.05) is 32.6 Å². The van der Waals surface area contributed by atoms with E-state index in [2.05, 4.69) is 24.2 Å². The third-order valence-corrected chi connectivity index (χ3v) is 3.99. The molecule has 0 atom stereocenters. The van der Waals surface area contributed by atoms with Crippen molar-refractivity contribution in [3.63, 3.8) is 0 Å². The SMILES string of the molecule is CCCNCCCCCN(C)C1CCCCC1. The second-order valence-electron chi connectivity index (χ2n) is 5.58. The van der Waals surface area contributed by atoms with E-state index in [0.29, 0.717) is 0 Å². The zero-order chi connectivity index (χ0) is 12.3. The predicted octanol–water partition coefficient (Wildman–Crippen LogP) is 3.42. The maximum Gasteiger partial charge on any atom is 0.00922 e. The molecule has 1 N–H and O–H groups in total. The maximum absolute atomic E-state index is 3.47. The van der Waals surface area contributed by atoms with Crippen molar-refractivity contribution in [3.05, 3.63) is 0 Å². The van der Waals surface area contributed by atoms with E-state index in [1.54, 1.807) is 0 Å². The van der Waals surface area contributed by atoms with Gasteiger partial charge in [0, 0.05) is 6.04 Å². The first-order valence-electron chi connectivity index (χ1n) is 7.75. The fourth-order valence-corrected chi connectivity index (χ4v) is 2.79. The smallest absolute Gasteiger partial charge is 0.00922 e. The lowest BCUT2D eigenvalue weighted by Gasteiger charge is -2.31. The van der Waals surface area contributed by atoms with Crippen LogP contribution in [0.25, 0.3) is 0 Å². The molecule has 0 amide bonds. The summed E-state index contributed by atoms with van der Waals surface area (Å²) in [4.78, 5) is 2.61. The summed E-state index contributed by atoms with van der Waals surface area (Å²) >= 11 is 0. The third kappa shape index (κ3) is 7.05. The molecule has 0 spiro atoms. The van der Waals surface area contributed by atoms with Gasteiger partial charge in [-0.15, -0.1) is 0 Å². The molecular formula is C15H32N2. The molecule has 0 radical (unpaired) electrons. The van der Waals surface area contributed by atoms with Gasteiger partial charge < -0.3 is 10.2 Å². The number of unbranched alkanes of at least 4 members (excludes halogenated alkanes) is 2. The molecule has 2 nitrogen and oxygen atoms in total. The Morgan fingerprint density at radius 2 is 1.76 bits per heavy atom. The number of rotatable bonds is 9.